The van der Waals surface area contributed by atoms with E-state index in [1.165, 1.54) is 23.6 Å². The van der Waals surface area contributed by atoms with E-state index in [2.05, 4.69) is 5.32 Å². The number of rotatable bonds is 6. The second kappa shape index (κ2) is 8.01. The van der Waals surface area contributed by atoms with Crippen LogP contribution in [0.2, 0.25) is 0 Å². The fourth-order valence-corrected chi connectivity index (χ4v) is 4.13. The van der Waals surface area contributed by atoms with Crippen molar-refractivity contribution in [1.29, 1.82) is 0 Å². The van der Waals surface area contributed by atoms with Crippen LogP contribution in [0.25, 0.3) is 0 Å². The number of hydrogen-bond acceptors (Lipinski definition) is 3. The molecule has 0 saturated heterocycles. The summed E-state index contributed by atoms with van der Waals surface area (Å²) in [5, 5.41) is 2.91. The number of benzene rings is 1. The van der Waals surface area contributed by atoms with E-state index >= 15 is 0 Å². The van der Waals surface area contributed by atoms with Gasteiger partial charge in [0, 0.05) is 6.54 Å². The molecule has 1 aliphatic rings. The van der Waals surface area contributed by atoms with Crippen molar-refractivity contribution in [1.82, 2.24) is 5.32 Å². The third-order valence-electron chi connectivity index (χ3n) is 4.84. The van der Waals surface area contributed by atoms with Crippen LogP contribution < -0.4 is 9.62 Å². The highest BCUT2D eigenvalue weighted by Gasteiger charge is 2.23. The van der Waals surface area contributed by atoms with Crippen molar-refractivity contribution in [3.63, 3.8) is 0 Å². The van der Waals surface area contributed by atoms with E-state index in [-0.39, 0.29) is 12.5 Å². The number of aryl methyl sites for hydroxylation is 1. The van der Waals surface area contributed by atoms with Crippen molar-refractivity contribution in [3.05, 3.63) is 29.3 Å². The Morgan fingerprint density at radius 3 is 2.50 bits per heavy atom. The van der Waals surface area contributed by atoms with Crippen LogP contribution >= 0.6 is 0 Å². The van der Waals surface area contributed by atoms with E-state index in [9.17, 15) is 13.2 Å². The summed E-state index contributed by atoms with van der Waals surface area (Å²) in [5.41, 5.74) is 2.46. The predicted octanol–water partition coefficient (Wildman–Crippen LogP) is 2.77. The van der Waals surface area contributed by atoms with E-state index in [0.29, 0.717) is 18.2 Å². The number of carbonyl (C=O) groups is 1. The maximum atomic E-state index is 12.3. The van der Waals surface area contributed by atoms with Gasteiger partial charge in [-0.05, 0) is 49.8 Å². The maximum absolute atomic E-state index is 12.3. The second-order valence-corrected chi connectivity index (χ2v) is 8.70. The topological polar surface area (TPSA) is 66.5 Å². The van der Waals surface area contributed by atoms with Crippen LogP contribution in [-0.2, 0) is 14.8 Å². The summed E-state index contributed by atoms with van der Waals surface area (Å²) >= 11 is 0. The first-order chi connectivity index (χ1) is 11.3. The van der Waals surface area contributed by atoms with E-state index < -0.39 is 10.0 Å². The number of nitrogens with one attached hydrogen (secondary N) is 1. The van der Waals surface area contributed by atoms with Gasteiger partial charge < -0.3 is 5.32 Å². The van der Waals surface area contributed by atoms with Crippen molar-refractivity contribution < 1.29 is 13.2 Å². The number of carbonyl (C=O) groups excluding carboxylic acids is 1. The summed E-state index contributed by atoms with van der Waals surface area (Å²) in [6.07, 6.45) is 7.15. The van der Waals surface area contributed by atoms with Gasteiger partial charge in [0.2, 0.25) is 15.9 Å². The largest absolute Gasteiger partial charge is 0.354 e. The van der Waals surface area contributed by atoms with Gasteiger partial charge in [-0.3, -0.25) is 9.10 Å². The van der Waals surface area contributed by atoms with Gasteiger partial charge in [-0.2, -0.15) is 0 Å². The summed E-state index contributed by atoms with van der Waals surface area (Å²) in [7, 11) is -3.52. The molecule has 0 aliphatic heterocycles. The monoisotopic (exact) mass is 352 g/mol. The second-order valence-electron chi connectivity index (χ2n) is 6.80. The van der Waals surface area contributed by atoms with Crippen molar-refractivity contribution in [2.75, 3.05) is 23.7 Å². The highest BCUT2D eigenvalue weighted by Crippen LogP contribution is 2.25. The van der Waals surface area contributed by atoms with Gasteiger partial charge in [0.15, 0.2) is 0 Å². The third-order valence-corrected chi connectivity index (χ3v) is 5.97. The van der Waals surface area contributed by atoms with Crippen molar-refractivity contribution in [2.45, 2.75) is 46.0 Å². The Bertz CT molecular complexity index is 680. The van der Waals surface area contributed by atoms with Gasteiger partial charge in [0.1, 0.15) is 6.54 Å². The highest BCUT2D eigenvalue weighted by atomic mass is 32.2. The van der Waals surface area contributed by atoms with Crippen molar-refractivity contribution >= 4 is 21.6 Å². The lowest BCUT2D eigenvalue weighted by atomic mass is 9.89. The number of hydrogen-bond donors (Lipinski definition) is 1. The third kappa shape index (κ3) is 4.97. The van der Waals surface area contributed by atoms with Gasteiger partial charge in [-0.1, -0.05) is 31.4 Å². The van der Waals surface area contributed by atoms with Crippen LogP contribution in [0, 0.1) is 19.8 Å². The zero-order valence-corrected chi connectivity index (χ0v) is 15.7. The minimum absolute atomic E-state index is 0.171. The Balaban J connectivity index is 2.06. The molecule has 0 radical (unpaired) electrons. The minimum Gasteiger partial charge on any atom is -0.354 e. The Kier molecular flexibility index (Phi) is 6.27. The van der Waals surface area contributed by atoms with Crippen LogP contribution in [0.15, 0.2) is 18.2 Å². The van der Waals surface area contributed by atoms with Crippen LogP contribution in [-0.4, -0.2) is 33.7 Å². The molecule has 0 aromatic heterocycles. The molecule has 0 unspecified atom stereocenters. The zero-order valence-electron chi connectivity index (χ0n) is 14.8. The first-order valence-corrected chi connectivity index (χ1v) is 10.4. The summed E-state index contributed by atoms with van der Waals surface area (Å²) in [6.45, 7) is 4.28. The van der Waals surface area contributed by atoms with Gasteiger partial charge in [0.05, 0.1) is 11.9 Å². The summed E-state index contributed by atoms with van der Waals surface area (Å²) < 4.78 is 25.6. The molecule has 6 heteroatoms. The molecule has 0 spiro atoms. The fourth-order valence-electron chi connectivity index (χ4n) is 3.22. The lowest BCUT2D eigenvalue weighted by molar-refractivity contribution is -0.119. The summed E-state index contributed by atoms with van der Waals surface area (Å²) in [4.78, 5) is 12.3. The van der Waals surface area contributed by atoms with Crippen molar-refractivity contribution in [2.24, 2.45) is 5.92 Å². The molecule has 0 atom stereocenters. The maximum Gasteiger partial charge on any atom is 0.240 e. The molecule has 1 aromatic rings. The van der Waals surface area contributed by atoms with Crippen molar-refractivity contribution in [3.8, 4) is 0 Å². The number of nitrogens with zero attached hydrogens (tertiary/aromatic N) is 1. The molecule has 1 amide bonds. The molecule has 1 aliphatic carbocycles. The van der Waals surface area contributed by atoms with E-state index in [0.717, 1.165) is 30.2 Å². The number of amides is 1. The average Bonchev–Trinajstić information content (AvgIpc) is 2.53. The van der Waals surface area contributed by atoms with E-state index in [4.69, 9.17) is 0 Å². The first-order valence-electron chi connectivity index (χ1n) is 8.59. The van der Waals surface area contributed by atoms with Gasteiger partial charge >= 0.3 is 0 Å². The van der Waals surface area contributed by atoms with Gasteiger partial charge in [-0.25, -0.2) is 8.42 Å². The normalized spacial score (nSPS) is 16.0. The smallest absolute Gasteiger partial charge is 0.240 e. The zero-order chi connectivity index (χ0) is 17.7. The first kappa shape index (κ1) is 18.8. The average molecular weight is 353 g/mol. The van der Waals surface area contributed by atoms with Crippen LogP contribution in [0.4, 0.5) is 5.69 Å². The molecule has 1 fully saturated rings. The Hall–Kier alpha value is -1.56. The van der Waals surface area contributed by atoms with Gasteiger partial charge in [-0.15, -0.1) is 0 Å². The number of sulfonamides is 1. The lowest BCUT2D eigenvalue weighted by Crippen LogP contribution is -2.42. The van der Waals surface area contributed by atoms with E-state index in [1.807, 2.05) is 26.0 Å². The molecule has 0 bridgehead atoms. The molecule has 1 saturated carbocycles. The molecular formula is C18H28N2O3S. The fraction of sp³-hybridized carbons (Fsp3) is 0.611. The SMILES string of the molecule is Cc1cccc(N(CC(=O)NCC2CCCCC2)S(C)(=O)=O)c1C. The highest BCUT2D eigenvalue weighted by molar-refractivity contribution is 7.92. The molecule has 134 valence electrons. The Labute approximate surface area is 145 Å². The molecule has 2 rings (SSSR count). The predicted molar refractivity (Wildman–Crippen MR) is 97.7 cm³/mol. The van der Waals surface area contributed by atoms with Crippen LogP contribution in [0.3, 0.4) is 0 Å². The molecule has 5 nitrogen and oxygen atoms in total. The molecular weight excluding hydrogens is 324 g/mol. The minimum atomic E-state index is -3.52. The molecule has 24 heavy (non-hydrogen) atoms. The molecule has 1 N–H and O–H groups in total. The summed E-state index contributed by atoms with van der Waals surface area (Å²) in [6, 6.07) is 5.50. The van der Waals surface area contributed by atoms with Crippen LogP contribution in [0.1, 0.15) is 43.2 Å². The standard InChI is InChI=1S/C18H28N2O3S/c1-14-8-7-11-17(15(14)2)20(24(3,22)23)13-18(21)19-12-16-9-5-4-6-10-16/h7-8,11,16H,4-6,9-10,12-13H2,1-3H3,(H,19,21). The Morgan fingerprint density at radius 1 is 1.21 bits per heavy atom. The van der Waals surface area contributed by atoms with Crippen LogP contribution in [0.5, 0.6) is 0 Å². The molecule has 1 aromatic carbocycles. The lowest BCUT2D eigenvalue weighted by Gasteiger charge is -2.26. The molecule has 0 heterocycles. The quantitative estimate of drug-likeness (QED) is 0.856. The van der Waals surface area contributed by atoms with Gasteiger partial charge in [0.25, 0.3) is 0 Å². The van der Waals surface area contributed by atoms with E-state index in [1.54, 1.807) is 6.07 Å². The summed E-state index contributed by atoms with van der Waals surface area (Å²) in [5.74, 6) is 0.280. The number of anilines is 1. The Morgan fingerprint density at radius 2 is 1.88 bits per heavy atom.